The van der Waals surface area contributed by atoms with E-state index in [-0.39, 0.29) is 17.8 Å². The van der Waals surface area contributed by atoms with Crippen LogP contribution in [0.25, 0.3) is 0 Å². The molecule has 1 aromatic rings. The largest absolute Gasteiger partial charge is 0.416 e. The van der Waals surface area contributed by atoms with E-state index in [1.165, 1.54) is 25.3 Å². The van der Waals surface area contributed by atoms with E-state index in [9.17, 15) is 27.6 Å². The van der Waals surface area contributed by atoms with E-state index in [1.54, 1.807) is 13.8 Å². The van der Waals surface area contributed by atoms with Crippen molar-refractivity contribution in [2.24, 2.45) is 5.41 Å². The molecule has 3 rings (SSSR count). The van der Waals surface area contributed by atoms with E-state index in [4.69, 9.17) is 4.74 Å². The van der Waals surface area contributed by atoms with E-state index < -0.39 is 40.9 Å². The summed E-state index contributed by atoms with van der Waals surface area (Å²) in [4.78, 5) is 42.3. The van der Waals surface area contributed by atoms with Crippen molar-refractivity contribution in [3.05, 3.63) is 41.5 Å². The summed E-state index contributed by atoms with van der Waals surface area (Å²) in [6.45, 7) is 6.59. The molecule has 1 fully saturated rings. The van der Waals surface area contributed by atoms with E-state index in [1.807, 2.05) is 0 Å². The lowest BCUT2D eigenvalue weighted by molar-refractivity contribution is -0.138. The van der Waals surface area contributed by atoms with Crippen molar-refractivity contribution in [2.45, 2.75) is 26.1 Å². The van der Waals surface area contributed by atoms with Gasteiger partial charge in [0, 0.05) is 38.9 Å². The first-order chi connectivity index (χ1) is 16.0. The highest BCUT2D eigenvalue weighted by molar-refractivity contribution is 6.25. The lowest BCUT2D eigenvalue weighted by Gasteiger charge is -2.43. The van der Waals surface area contributed by atoms with Gasteiger partial charge in [-0.15, -0.1) is 0 Å². The number of ether oxygens (including phenoxy) is 1. The lowest BCUT2D eigenvalue weighted by atomic mass is 9.76. The zero-order valence-corrected chi connectivity index (χ0v) is 19.4. The zero-order chi connectivity index (χ0) is 25.1. The van der Waals surface area contributed by atoms with Crippen molar-refractivity contribution >= 4 is 23.4 Å². The van der Waals surface area contributed by atoms with Crippen LogP contribution in [0.4, 0.5) is 18.9 Å². The van der Waals surface area contributed by atoms with Gasteiger partial charge in [0.1, 0.15) is 5.57 Å². The Morgan fingerprint density at radius 1 is 1.24 bits per heavy atom. The van der Waals surface area contributed by atoms with Crippen molar-refractivity contribution in [2.75, 3.05) is 51.3 Å². The van der Waals surface area contributed by atoms with E-state index in [0.717, 1.165) is 30.1 Å². The summed E-state index contributed by atoms with van der Waals surface area (Å²) in [5.74, 6) is -1.92. The molecule has 186 valence electrons. The molecule has 2 heterocycles. The Kier molecular flexibility index (Phi) is 7.67. The van der Waals surface area contributed by atoms with Crippen LogP contribution < -0.4 is 15.5 Å². The molecule has 2 unspecified atom stereocenters. The molecule has 1 aromatic carbocycles. The molecule has 0 saturated carbocycles. The Bertz CT molecular complexity index is 975. The number of anilines is 1. The van der Waals surface area contributed by atoms with Crippen LogP contribution in [-0.4, -0.2) is 75.1 Å². The topological polar surface area (TPSA) is 91.0 Å². The van der Waals surface area contributed by atoms with Crippen molar-refractivity contribution in [3.63, 3.8) is 0 Å². The van der Waals surface area contributed by atoms with Gasteiger partial charge < -0.3 is 20.3 Å². The molecule has 3 amide bonds. The predicted molar refractivity (Wildman–Crippen MR) is 119 cm³/mol. The Balaban J connectivity index is 1.90. The van der Waals surface area contributed by atoms with Crippen molar-refractivity contribution in [1.29, 1.82) is 0 Å². The van der Waals surface area contributed by atoms with Gasteiger partial charge in [-0.3, -0.25) is 19.3 Å². The molecule has 0 aliphatic carbocycles. The average Bonchev–Trinajstić information content (AvgIpc) is 2.81. The van der Waals surface area contributed by atoms with Gasteiger partial charge in [-0.05, 0) is 38.1 Å². The minimum Gasteiger partial charge on any atom is -0.379 e. The molecule has 2 aliphatic rings. The standard InChI is InChI=1S/C23H29F3N4O4/c1-15-22(2,21(33)27-3)14-18(19(31)28-7-8-29-9-11-34-12-10-29)20(32)30(15)17-6-4-5-16(13-17)23(24,25)26/h4-6,13-15H,7-12H2,1-3H3,(H,27,33)(H,28,31). The van der Waals surface area contributed by atoms with Gasteiger partial charge in [-0.2, -0.15) is 13.2 Å². The second-order valence-electron chi connectivity index (χ2n) is 8.53. The third-order valence-electron chi connectivity index (χ3n) is 6.38. The van der Waals surface area contributed by atoms with Crippen LogP contribution in [0.5, 0.6) is 0 Å². The molecule has 34 heavy (non-hydrogen) atoms. The normalized spacial score (nSPS) is 23.9. The fourth-order valence-corrected chi connectivity index (χ4v) is 4.16. The third-order valence-corrected chi connectivity index (χ3v) is 6.38. The SMILES string of the molecule is CNC(=O)C1(C)C=C(C(=O)NCCN2CCOCC2)C(=O)N(c2cccc(C(F)(F)F)c2)C1C. The second kappa shape index (κ2) is 10.1. The number of nitrogens with zero attached hydrogens (tertiary/aromatic N) is 2. The minimum absolute atomic E-state index is 0.0471. The summed E-state index contributed by atoms with van der Waals surface area (Å²) in [6, 6.07) is 3.43. The Hall–Kier alpha value is -2.92. The van der Waals surface area contributed by atoms with Gasteiger partial charge >= 0.3 is 6.18 Å². The van der Waals surface area contributed by atoms with Gasteiger partial charge in [-0.1, -0.05) is 6.07 Å². The smallest absolute Gasteiger partial charge is 0.379 e. The van der Waals surface area contributed by atoms with Crippen LogP contribution in [0.15, 0.2) is 35.9 Å². The number of nitrogens with one attached hydrogen (secondary N) is 2. The van der Waals surface area contributed by atoms with Crippen LogP contribution in [0.1, 0.15) is 19.4 Å². The monoisotopic (exact) mass is 482 g/mol. The molecule has 1 saturated heterocycles. The highest BCUT2D eigenvalue weighted by Crippen LogP contribution is 2.39. The van der Waals surface area contributed by atoms with Crippen molar-refractivity contribution in [1.82, 2.24) is 15.5 Å². The molecule has 2 aliphatic heterocycles. The first kappa shape index (κ1) is 25.7. The van der Waals surface area contributed by atoms with E-state index >= 15 is 0 Å². The van der Waals surface area contributed by atoms with Gasteiger partial charge in [0.05, 0.1) is 30.2 Å². The molecular formula is C23H29F3N4O4. The number of morpholine rings is 1. The molecule has 0 aromatic heterocycles. The maximum atomic E-state index is 13.4. The number of alkyl halides is 3. The first-order valence-electron chi connectivity index (χ1n) is 11.0. The fraction of sp³-hybridized carbons (Fsp3) is 0.522. The summed E-state index contributed by atoms with van der Waals surface area (Å²) >= 11 is 0. The summed E-state index contributed by atoms with van der Waals surface area (Å²) in [6.07, 6.45) is -3.30. The molecule has 0 spiro atoms. The van der Waals surface area contributed by atoms with Gasteiger partial charge in [0.25, 0.3) is 11.8 Å². The van der Waals surface area contributed by atoms with Crippen LogP contribution in [0.2, 0.25) is 0 Å². The maximum absolute atomic E-state index is 13.4. The number of hydrogen-bond donors (Lipinski definition) is 2. The molecule has 11 heteroatoms. The Labute approximate surface area is 196 Å². The van der Waals surface area contributed by atoms with E-state index in [2.05, 4.69) is 15.5 Å². The summed E-state index contributed by atoms with van der Waals surface area (Å²) in [5, 5.41) is 5.22. The second-order valence-corrected chi connectivity index (χ2v) is 8.53. The third kappa shape index (κ3) is 5.25. The fourth-order valence-electron chi connectivity index (χ4n) is 4.16. The summed E-state index contributed by atoms with van der Waals surface area (Å²) in [5.41, 5.74) is -2.62. The highest BCUT2D eigenvalue weighted by Gasteiger charge is 2.48. The van der Waals surface area contributed by atoms with Gasteiger partial charge in [-0.25, -0.2) is 0 Å². The Morgan fingerprint density at radius 2 is 1.91 bits per heavy atom. The first-order valence-corrected chi connectivity index (χ1v) is 11.0. The summed E-state index contributed by atoms with van der Waals surface area (Å²) < 4.78 is 45.2. The maximum Gasteiger partial charge on any atom is 0.416 e. The zero-order valence-electron chi connectivity index (χ0n) is 19.4. The molecule has 0 bridgehead atoms. The van der Waals surface area contributed by atoms with Crippen LogP contribution in [-0.2, 0) is 25.3 Å². The number of carbonyl (C=O) groups is 3. The Morgan fingerprint density at radius 3 is 2.53 bits per heavy atom. The molecule has 2 N–H and O–H groups in total. The number of amides is 3. The predicted octanol–water partition coefficient (Wildman–Crippen LogP) is 1.57. The van der Waals surface area contributed by atoms with E-state index in [0.29, 0.717) is 19.8 Å². The van der Waals surface area contributed by atoms with Crippen LogP contribution in [0, 0.1) is 5.41 Å². The highest BCUT2D eigenvalue weighted by atomic mass is 19.4. The molecule has 8 nitrogen and oxygen atoms in total. The van der Waals surface area contributed by atoms with Crippen molar-refractivity contribution in [3.8, 4) is 0 Å². The summed E-state index contributed by atoms with van der Waals surface area (Å²) in [7, 11) is 1.42. The molecule has 2 atom stereocenters. The minimum atomic E-state index is -4.61. The molecule has 0 radical (unpaired) electrons. The number of carbonyl (C=O) groups excluding carboxylic acids is 3. The quantitative estimate of drug-likeness (QED) is 0.601. The number of hydrogen-bond acceptors (Lipinski definition) is 5. The molecular weight excluding hydrogens is 453 g/mol. The van der Waals surface area contributed by atoms with Gasteiger partial charge in [0.15, 0.2) is 0 Å². The average molecular weight is 483 g/mol. The van der Waals surface area contributed by atoms with Crippen LogP contribution >= 0.6 is 0 Å². The number of rotatable bonds is 6. The number of benzene rings is 1. The van der Waals surface area contributed by atoms with Gasteiger partial charge in [0.2, 0.25) is 5.91 Å². The van der Waals surface area contributed by atoms with Crippen molar-refractivity contribution < 1.29 is 32.3 Å². The number of halogens is 3. The lowest BCUT2D eigenvalue weighted by Crippen LogP contribution is -2.58. The van der Waals surface area contributed by atoms with Crippen LogP contribution in [0.3, 0.4) is 0 Å².